The maximum absolute atomic E-state index is 10.4. The van der Waals surface area contributed by atoms with Crippen LogP contribution in [0.25, 0.3) is 0 Å². The summed E-state index contributed by atoms with van der Waals surface area (Å²) in [4.78, 5) is 0. The second-order valence-corrected chi connectivity index (χ2v) is 7.68. The topological polar surface area (TPSA) is 77.4 Å². The van der Waals surface area contributed by atoms with E-state index in [-0.39, 0.29) is 6.61 Å². The van der Waals surface area contributed by atoms with Crippen LogP contribution in [-0.4, -0.2) is 47.8 Å². The van der Waals surface area contributed by atoms with Crippen molar-refractivity contribution in [2.75, 3.05) is 13.2 Å². The van der Waals surface area contributed by atoms with Crippen LogP contribution in [0.15, 0.2) is 60.7 Å². The van der Waals surface area contributed by atoms with Crippen molar-refractivity contribution in [3.05, 3.63) is 71.8 Å². The second kappa shape index (κ2) is 7.89. The second-order valence-electron chi connectivity index (χ2n) is 6.69. The number of hydrogen-bond donors (Lipinski definition) is 2. The Morgan fingerprint density at radius 2 is 1.46 bits per heavy atom. The van der Waals surface area contributed by atoms with Gasteiger partial charge in [-0.3, -0.25) is 0 Å². The number of rotatable bonds is 4. The van der Waals surface area contributed by atoms with Crippen LogP contribution in [0.5, 0.6) is 0 Å². The van der Waals surface area contributed by atoms with Crippen molar-refractivity contribution in [2.45, 2.75) is 34.9 Å². The first-order valence-corrected chi connectivity index (χ1v) is 9.66. The Bertz CT molecular complexity index is 794. The predicted molar refractivity (Wildman–Crippen MR) is 102 cm³/mol. The van der Waals surface area contributed by atoms with Crippen molar-refractivity contribution in [1.82, 2.24) is 0 Å². The Kier molecular flexibility index (Phi) is 5.66. The van der Waals surface area contributed by atoms with Gasteiger partial charge < -0.3 is 29.2 Å². The fraction of sp³-hybridized carbons (Fsp3) is 0.400. The van der Waals surface area contributed by atoms with Crippen LogP contribution in [0.2, 0.25) is 0 Å². The van der Waals surface area contributed by atoms with Crippen LogP contribution in [0, 0.1) is 0 Å². The van der Waals surface area contributed by atoms with Gasteiger partial charge in [0.1, 0.15) is 24.4 Å². The Labute approximate surface area is 172 Å². The van der Waals surface area contributed by atoms with E-state index in [9.17, 15) is 10.2 Å². The minimum Gasteiger partial charge on any atom is -0.394 e. The molecule has 0 aliphatic carbocycles. The van der Waals surface area contributed by atoms with Crippen LogP contribution in [0.4, 0.5) is 0 Å². The Hall–Kier alpha value is -1.22. The summed E-state index contributed by atoms with van der Waals surface area (Å²) in [5.74, 6) is 0. The lowest BCUT2D eigenvalue weighted by atomic mass is 10.0. The summed E-state index contributed by atoms with van der Waals surface area (Å²) in [5, 5.41) is 16.7. The third-order valence-electron chi connectivity index (χ3n) is 4.81. The number of aliphatic hydroxyl groups is 2. The van der Waals surface area contributed by atoms with Gasteiger partial charge in [0.25, 0.3) is 10.5 Å². The molecule has 4 rings (SSSR count). The number of ether oxygens (including phenoxy) is 4. The molecule has 2 aromatic rings. The molecule has 0 radical (unpaired) electrons. The molecule has 28 heavy (non-hydrogen) atoms. The predicted octanol–water partition coefficient (Wildman–Crippen LogP) is 2.64. The number of halogens is 2. The molecule has 2 aliphatic rings. The summed E-state index contributed by atoms with van der Waals surface area (Å²) in [6.07, 6.45) is -3.81. The van der Waals surface area contributed by atoms with Crippen LogP contribution in [0.1, 0.15) is 11.1 Å². The first-order chi connectivity index (χ1) is 13.5. The maximum Gasteiger partial charge on any atom is 0.277 e. The Morgan fingerprint density at radius 3 is 2.04 bits per heavy atom. The lowest BCUT2D eigenvalue weighted by Crippen LogP contribution is -2.47. The van der Waals surface area contributed by atoms with Crippen molar-refractivity contribution in [3.8, 4) is 0 Å². The van der Waals surface area contributed by atoms with Gasteiger partial charge in [0.2, 0.25) is 0 Å². The van der Waals surface area contributed by atoms with Gasteiger partial charge in [0.15, 0.2) is 0 Å². The molecule has 0 bridgehead atoms. The first-order valence-electron chi connectivity index (χ1n) is 8.90. The molecule has 2 aromatic carbocycles. The molecule has 0 spiro atoms. The highest BCUT2D eigenvalue weighted by atomic mass is 35.5. The number of hydrogen-bond acceptors (Lipinski definition) is 6. The summed E-state index contributed by atoms with van der Waals surface area (Å²) < 4.78 is 23.7. The Balaban J connectivity index is 1.65. The average Bonchev–Trinajstić information content (AvgIpc) is 3.02. The third-order valence-corrected chi connectivity index (χ3v) is 5.62. The van der Waals surface area contributed by atoms with Gasteiger partial charge in [0.05, 0.1) is 13.2 Å². The van der Waals surface area contributed by atoms with E-state index in [2.05, 4.69) is 0 Å². The number of benzene rings is 2. The molecule has 8 heteroatoms. The smallest absolute Gasteiger partial charge is 0.277 e. The first kappa shape index (κ1) is 20.1. The monoisotopic (exact) mass is 426 g/mol. The molecule has 0 aromatic heterocycles. The SMILES string of the molecule is OC[C@@H](O)[C@H]1OC(Cl)(c2ccccc2)OC[C@@H]2OC(Cl)(c3ccccc3)O[C@@H]12. The summed E-state index contributed by atoms with van der Waals surface area (Å²) >= 11 is 13.2. The van der Waals surface area contributed by atoms with Gasteiger partial charge in [-0.15, -0.1) is 0 Å². The molecule has 0 saturated carbocycles. The molecule has 2 unspecified atom stereocenters. The van der Waals surface area contributed by atoms with E-state index < -0.39 is 41.5 Å². The van der Waals surface area contributed by atoms with Gasteiger partial charge in [-0.05, 0) is 0 Å². The van der Waals surface area contributed by atoms with Gasteiger partial charge >= 0.3 is 0 Å². The van der Waals surface area contributed by atoms with E-state index in [0.29, 0.717) is 11.1 Å². The van der Waals surface area contributed by atoms with Crippen molar-refractivity contribution in [2.24, 2.45) is 0 Å². The van der Waals surface area contributed by atoms with E-state index in [4.69, 9.17) is 42.1 Å². The summed E-state index contributed by atoms with van der Waals surface area (Å²) in [6, 6.07) is 17.9. The van der Waals surface area contributed by atoms with E-state index in [1.807, 2.05) is 24.3 Å². The highest BCUT2D eigenvalue weighted by molar-refractivity contribution is 6.22. The maximum atomic E-state index is 10.4. The number of fused-ring (bicyclic) bond motifs is 1. The zero-order valence-corrected chi connectivity index (χ0v) is 16.3. The quantitative estimate of drug-likeness (QED) is 0.731. The third kappa shape index (κ3) is 3.67. The zero-order chi connectivity index (χ0) is 19.8. The van der Waals surface area contributed by atoms with Crippen molar-refractivity contribution < 1.29 is 29.2 Å². The molecule has 2 heterocycles. The van der Waals surface area contributed by atoms with E-state index in [1.165, 1.54) is 0 Å². The van der Waals surface area contributed by atoms with Crippen LogP contribution in [-0.2, 0) is 29.4 Å². The molecule has 6 nitrogen and oxygen atoms in total. The number of aliphatic hydroxyl groups excluding tert-OH is 2. The summed E-state index contributed by atoms with van der Waals surface area (Å²) in [6.45, 7) is -0.543. The lowest BCUT2D eigenvalue weighted by molar-refractivity contribution is -0.247. The molecule has 2 N–H and O–H groups in total. The van der Waals surface area contributed by atoms with Gasteiger partial charge in [0, 0.05) is 11.1 Å². The standard InChI is InChI=1S/C20H20Cl2O6/c21-19(13-7-3-1-4-8-13)25-12-16-18(17(27-19)15(24)11-23)28-20(22,26-16)14-9-5-2-6-10-14/h1-10,15-18,23-24H,11-12H2/t15-,16+,17-,18-,19?,20?/m1/s1. The summed E-state index contributed by atoms with van der Waals surface area (Å²) in [5.41, 5.74) is 1.15. The highest BCUT2D eigenvalue weighted by Crippen LogP contribution is 2.47. The normalized spacial score (nSPS) is 36.5. The zero-order valence-electron chi connectivity index (χ0n) is 14.8. The fourth-order valence-corrected chi connectivity index (χ4v) is 4.01. The number of alkyl halides is 2. The van der Waals surface area contributed by atoms with Crippen LogP contribution >= 0.6 is 23.2 Å². The minimum atomic E-state index is -1.67. The van der Waals surface area contributed by atoms with E-state index in [0.717, 1.165) is 0 Å². The highest BCUT2D eigenvalue weighted by Gasteiger charge is 2.56. The van der Waals surface area contributed by atoms with Crippen LogP contribution in [0.3, 0.4) is 0 Å². The largest absolute Gasteiger partial charge is 0.394 e. The lowest BCUT2D eigenvalue weighted by Gasteiger charge is -2.33. The van der Waals surface area contributed by atoms with E-state index in [1.54, 1.807) is 36.4 Å². The van der Waals surface area contributed by atoms with Gasteiger partial charge in [-0.2, -0.15) is 0 Å². The molecule has 2 saturated heterocycles. The molecular weight excluding hydrogens is 407 g/mol. The van der Waals surface area contributed by atoms with Crippen molar-refractivity contribution in [3.63, 3.8) is 0 Å². The van der Waals surface area contributed by atoms with E-state index >= 15 is 0 Å². The average molecular weight is 427 g/mol. The molecular formula is C20H20Cl2O6. The summed E-state index contributed by atoms with van der Waals surface area (Å²) in [7, 11) is 0. The molecule has 0 amide bonds. The molecule has 6 atom stereocenters. The van der Waals surface area contributed by atoms with Crippen molar-refractivity contribution in [1.29, 1.82) is 0 Å². The van der Waals surface area contributed by atoms with Crippen LogP contribution < -0.4 is 0 Å². The molecule has 150 valence electrons. The minimum absolute atomic E-state index is 0.0129. The van der Waals surface area contributed by atoms with Gasteiger partial charge in [-0.1, -0.05) is 83.9 Å². The fourth-order valence-electron chi connectivity index (χ4n) is 3.38. The van der Waals surface area contributed by atoms with Gasteiger partial charge in [-0.25, -0.2) is 0 Å². The van der Waals surface area contributed by atoms with Crippen molar-refractivity contribution >= 4 is 23.2 Å². The molecule has 2 aliphatic heterocycles. The molecule has 2 fully saturated rings. The Morgan fingerprint density at radius 1 is 0.893 bits per heavy atom.